The monoisotopic (exact) mass is 528 g/mol. The molecular formula is C29H20O10. The number of benzene rings is 2. The highest BCUT2D eigenvalue weighted by atomic mass is 16.6. The van der Waals surface area contributed by atoms with Gasteiger partial charge in [0.25, 0.3) is 0 Å². The van der Waals surface area contributed by atoms with E-state index in [4.69, 9.17) is 27.1 Å². The lowest BCUT2D eigenvalue weighted by atomic mass is 10.1. The van der Waals surface area contributed by atoms with Gasteiger partial charge < -0.3 is 27.1 Å². The van der Waals surface area contributed by atoms with Crippen LogP contribution < -0.4 is 20.7 Å². The van der Waals surface area contributed by atoms with Gasteiger partial charge in [-0.15, -0.1) is 0 Å². The minimum atomic E-state index is -0.573. The molecule has 4 heterocycles. The quantitative estimate of drug-likeness (QED) is 0.102. The van der Waals surface area contributed by atoms with Crippen molar-refractivity contribution in [2.45, 2.75) is 32.1 Å². The van der Waals surface area contributed by atoms with E-state index in [-0.39, 0.29) is 35.5 Å². The molecule has 0 N–H and O–H groups in total. The summed E-state index contributed by atoms with van der Waals surface area (Å²) in [7, 11) is 0. The van der Waals surface area contributed by atoms with Crippen LogP contribution in [0.15, 0.2) is 88.3 Å². The lowest BCUT2D eigenvalue weighted by molar-refractivity contribution is -0.134. The molecule has 10 heteroatoms. The molecule has 0 spiro atoms. The lowest BCUT2D eigenvalue weighted by Crippen LogP contribution is -2.10. The van der Waals surface area contributed by atoms with Crippen LogP contribution in [-0.2, 0) is 9.59 Å². The van der Waals surface area contributed by atoms with Gasteiger partial charge in [0.15, 0.2) is 22.3 Å². The minimum Gasteiger partial charge on any atom is -0.460 e. The topological polar surface area (TPSA) is 139 Å². The van der Waals surface area contributed by atoms with Gasteiger partial charge in [-0.25, -0.2) is 9.59 Å². The smallest absolute Gasteiger partial charge is 0.336 e. The van der Waals surface area contributed by atoms with Crippen LogP contribution in [0.4, 0.5) is 0 Å². The number of unbranched alkanes of at least 4 members (excludes halogenated alkanes) is 2. The Labute approximate surface area is 218 Å². The van der Waals surface area contributed by atoms with Crippen molar-refractivity contribution >= 4 is 55.8 Å². The standard InChI is InChI=1S/C29H20O10/c30-20(38-28-24-18(10-12-34-24)14-16-6-8-22(32)36-26(16)28)4-2-1-3-5-21(31)39-29-25-19(11-13-35-25)15-17-7-9-23(33)37-27(17)29/h6-15H,1-5H2. The Kier molecular flexibility index (Phi) is 6.20. The summed E-state index contributed by atoms with van der Waals surface area (Å²) in [6.07, 6.45) is 4.52. The highest BCUT2D eigenvalue weighted by molar-refractivity contribution is 6.02. The zero-order valence-corrected chi connectivity index (χ0v) is 20.4. The molecule has 6 rings (SSSR count). The zero-order valence-electron chi connectivity index (χ0n) is 20.4. The third-order valence-electron chi connectivity index (χ3n) is 6.26. The molecule has 0 aliphatic carbocycles. The third kappa shape index (κ3) is 4.79. The highest BCUT2D eigenvalue weighted by Gasteiger charge is 2.19. The molecule has 0 saturated heterocycles. The number of carbonyl (C=O) groups excluding carboxylic acids is 2. The van der Waals surface area contributed by atoms with E-state index in [2.05, 4.69) is 0 Å². The summed E-state index contributed by atoms with van der Waals surface area (Å²) >= 11 is 0. The summed E-state index contributed by atoms with van der Waals surface area (Å²) in [5.74, 6) is -0.935. The largest absolute Gasteiger partial charge is 0.460 e. The normalized spacial score (nSPS) is 11.5. The molecule has 0 saturated carbocycles. The first-order valence-electron chi connectivity index (χ1n) is 12.3. The molecular weight excluding hydrogens is 508 g/mol. The van der Waals surface area contributed by atoms with Gasteiger partial charge in [-0.05, 0) is 49.2 Å². The first kappa shape index (κ1) is 24.2. The number of ether oxygens (including phenoxy) is 2. The van der Waals surface area contributed by atoms with E-state index in [9.17, 15) is 19.2 Å². The van der Waals surface area contributed by atoms with Gasteiger partial charge in [-0.3, -0.25) is 9.59 Å². The van der Waals surface area contributed by atoms with Gasteiger partial charge in [0.1, 0.15) is 0 Å². The summed E-state index contributed by atoms with van der Waals surface area (Å²) in [4.78, 5) is 48.6. The molecule has 4 aromatic heterocycles. The van der Waals surface area contributed by atoms with Crippen molar-refractivity contribution in [2.75, 3.05) is 0 Å². The van der Waals surface area contributed by atoms with E-state index in [1.165, 1.54) is 24.7 Å². The van der Waals surface area contributed by atoms with Crippen molar-refractivity contribution < 1.29 is 36.7 Å². The van der Waals surface area contributed by atoms with E-state index >= 15 is 0 Å². The van der Waals surface area contributed by atoms with Crippen molar-refractivity contribution in [3.63, 3.8) is 0 Å². The average Bonchev–Trinajstić information content (AvgIpc) is 3.58. The summed E-state index contributed by atoms with van der Waals surface area (Å²) in [5.41, 5.74) is -0.259. The Bertz CT molecular complexity index is 1840. The van der Waals surface area contributed by atoms with Crippen LogP contribution in [-0.4, -0.2) is 11.9 Å². The SMILES string of the molecule is O=C(CCCCCC(=O)Oc1c2occc2cc2ccc(=O)oc12)Oc1c2occc2cc2ccc(=O)oc12. The van der Waals surface area contributed by atoms with Crippen LogP contribution in [0.25, 0.3) is 43.9 Å². The number of esters is 2. The Hall–Kier alpha value is -5.12. The molecule has 0 aliphatic rings. The van der Waals surface area contributed by atoms with Crippen LogP contribution >= 0.6 is 0 Å². The van der Waals surface area contributed by atoms with Crippen LogP contribution in [0.3, 0.4) is 0 Å². The number of fused-ring (bicyclic) bond motifs is 4. The molecule has 0 amide bonds. The Morgan fingerprint density at radius 1 is 0.564 bits per heavy atom. The van der Waals surface area contributed by atoms with Gasteiger partial charge in [-0.1, -0.05) is 6.42 Å². The predicted molar refractivity (Wildman–Crippen MR) is 139 cm³/mol. The van der Waals surface area contributed by atoms with E-state index in [0.717, 1.165) is 0 Å². The Morgan fingerprint density at radius 2 is 1.00 bits per heavy atom. The fraction of sp³-hybridized carbons (Fsp3) is 0.172. The van der Waals surface area contributed by atoms with E-state index < -0.39 is 23.2 Å². The van der Waals surface area contributed by atoms with E-state index in [1.54, 1.807) is 36.4 Å². The zero-order chi connectivity index (χ0) is 26.9. The first-order chi connectivity index (χ1) is 19.0. The maximum absolute atomic E-state index is 12.6. The maximum Gasteiger partial charge on any atom is 0.336 e. The Morgan fingerprint density at radius 3 is 1.46 bits per heavy atom. The van der Waals surface area contributed by atoms with Crippen molar-refractivity contribution in [3.8, 4) is 11.5 Å². The molecule has 6 aromatic rings. The molecule has 0 bridgehead atoms. The molecule has 0 fully saturated rings. The summed E-state index contributed by atoms with van der Waals surface area (Å²) in [5, 5.41) is 2.61. The Balaban J connectivity index is 1.06. The third-order valence-corrected chi connectivity index (χ3v) is 6.26. The highest BCUT2D eigenvalue weighted by Crippen LogP contribution is 2.36. The van der Waals surface area contributed by atoms with Crippen LogP contribution in [0, 0.1) is 0 Å². The second kappa shape index (κ2) is 9.97. The van der Waals surface area contributed by atoms with Crippen molar-refractivity contribution in [1.29, 1.82) is 0 Å². The van der Waals surface area contributed by atoms with Gasteiger partial charge in [0.05, 0.1) is 12.5 Å². The van der Waals surface area contributed by atoms with Crippen molar-refractivity contribution in [2.24, 2.45) is 0 Å². The van der Waals surface area contributed by atoms with Crippen molar-refractivity contribution in [1.82, 2.24) is 0 Å². The molecule has 196 valence electrons. The van der Waals surface area contributed by atoms with E-state index in [0.29, 0.717) is 52.0 Å². The number of rotatable bonds is 8. The van der Waals surface area contributed by atoms with Crippen molar-refractivity contribution in [3.05, 3.63) is 81.9 Å². The number of furan rings is 2. The van der Waals surface area contributed by atoms with Crippen LogP contribution in [0.5, 0.6) is 11.5 Å². The molecule has 0 radical (unpaired) electrons. The molecule has 39 heavy (non-hydrogen) atoms. The summed E-state index contributed by atoms with van der Waals surface area (Å²) in [6, 6.07) is 12.8. The first-order valence-corrected chi connectivity index (χ1v) is 12.3. The molecule has 2 aromatic carbocycles. The lowest BCUT2D eigenvalue weighted by Gasteiger charge is -2.08. The fourth-order valence-corrected chi connectivity index (χ4v) is 4.44. The van der Waals surface area contributed by atoms with Gasteiger partial charge in [0, 0.05) is 46.5 Å². The number of hydrogen-bond donors (Lipinski definition) is 0. The number of hydrogen-bond acceptors (Lipinski definition) is 10. The second-order valence-corrected chi connectivity index (χ2v) is 8.94. The van der Waals surface area contributed by atoms with Gasteiger partial charge in [-0.2, -0.15) is 0 Å². The fourth-order valence-electron chi connectivity index (χ4n) is 4.44. The van der Waals surface area contributed by atoms with E-state index in [1.807, 2.05) is 0 Å². The van der Waals surface area contributed by atoms with Gasteiger partial charge in [0.2, 0.25) is 11.5 Å². The molecule has 0 atom stereocenters. The second-order valence-electron chi connectivity index (χ2n) is 8.94. The number of carbonyl (C=O) groups is 2. The van der Waals surface area contributed by atoms with Crippen LogP contribution in [0.1, 0.15) is 32.1 Å². The average molecular weight is 528 g/mol. The minimum absolute atomic E-state index is 0.0600. The summed E-state index contributed by atoms with van der Waals surface area (Å²) < 4.78 is 32.5. The predicted octanol–water partition coefficient (Wildman–Crippen LogP) is 5.85. The van der Waals surface area contributed by atoms with Crippen LogP contribution in [0.2, 0.25) is 0 Å². The molecule has 0 unspecified atom stereocenters. The molecule has 0 aliphatic heterocycles. The summed E-state index contributed by atoms with van der Waals surface area (Å²) in [6.45, 7) is 0. The van der Waals surface area contributed by atoms with Gasteiger partial charge >= 0.3 is 23.2 Å². The maximum atomic E-state index is 12.6. The molecule has 10 nitrogen and oxygen atoms in total.